The number of hydrogen-bond donors (Lipinski definition) is 1. The second kappa shape index (κ2) is 7.79. The Morgan fingerprint density at radius 3 is 2.33 bits per heavy atom. The zero-order valence-corrected chi connectivity index (χ0v) is 17.9. The maximum Gasteiger partial charge on any atom is 0.425 e. The van der Waals surface area contributed by atoms with E-state index in [0.29, 0.717) is 5.56 Å². The van der Waals surface area contributed by atoms with Gasteiger partial charge in [-0.25, -0.2) is 0 Å². The van der Waals surface area contributed by atoms with Crippen molar-refractivity contribution in [2.75, 3.05) is 0 Å². The van der Waals surface area contributed by atoms with Crippen molar-refractivity contribution in [1.82, 2.24) is 20.2 Å². The number of nitrogens with one attached hydrogen (secondary N) is 1. The summed E-state index contributed by atoms with van der Waals surface area (Å²) >= 11 is 0. The molecule has 2 aromatic rings. The molecule has 1 aliphatic heterocycles. The van der Waals surface area contributed by atoms with Crippen LogP contribution in [0.4, 0.5) is 13.2 Å². The van der Waals surface area contributed by atoms with Gasteiger partial charge in [0.05, 0.1) is 17.7 Å². The molecular formula is C23H21F3N4O3. The van der Waals surface area contributed by atoms with Gasteiger partial charge in [-0.3, -0.25) is 24.4 Å². The standard InChI is InChI=1S/C23H21F3N4O3/c1-21(2)9-16-18(17(31)10-21)22(23(24,25)26,29-19(32)15-6-4-8-28-12-15)20(33)30(16)13-14-5-3-7-27-11-14/h3-8,11-12H,9-10,13H2,1-2H3,(H,29,32)/t22-/m0/s1. The van der Waals surface area contributed by atoms with Crippen molar-refractivity contribution < 1.29 is 27.6 Å². The van der Waals surface area contributed by atoms with E-state index in [1.807, 2.05) is 5.32 Å². The van der Waals surface area contributed by atoms with Gasteiger partial charge in [-0.1, -0.05) is 19.9 Å². The molecule has 1 N–H and O–H groups in total. The molecule has 0 unspecified atom stereocenters. The number of nitrogens with zero attached hydrogens (tertiary/aromatic N) is 3. The van der Waals surface area contributed by atoms with Crippen LogP contribution in [0.25, 0.3) is 0 Å². The van der Waals surface area contributed by atoms with E-state index >= 15 is 0 Å². The lowest BCUT2D eigenvalue weighted by Crippen LogP contribution is -2.66. The van der Waals surface area contributed by atoms with Gasteiger partial charge in [-0.05, 0) is 35.6 Å². The number of ketones is 1. The monoisotopic (exact) mass is 458 g/mol. The fourth-order valence-electron chi connectivity index (χ4n) is 4.41. The summed E-state index contributed by atoms with van der Waals surface area (Å²) < 4.78 is 44.1. The van der Waals surface area contributed by atoms with E-state index in [4.69, 9.17) is 0 Å². The molecule has 0 saturated heterocycles. The number of carbonyl (C=O) groups is 3. The second-order valence-corrected chi connectivity index (χ2v) is 8.96. The highest BCUT2D eigenvalue weighted by molar-refractivity contribution is 6.14. The molecular weight excluding hydrogens is 437 g/mol. The third-order valence-corrected chi connectivity index (χ3v) is 5.83. The Morgan fingerprint density at radius 2 is 1.76 bits per heavy atom. The van der Waals surface area contributed by atoms with Gasteiger partial charge in [0.1, 0.15) is 0 Å². The summed E-state index contributed by atoms with van der Waals surface area (Å²) in [6.45, 7) is 3.29. The maximum absolute atomic E-state index is 14.7. The Morgan fingerprint density at radius 1 is 1.09 bits per heavy atom. The van der Waals surface area contributed by atoms with Crippen LogP contribution >= 0.6 is 0 Å². The molecule has 2 aliphatic rings. The first-order valence-electron chi connectivity index (χ1n) is 10.2. The summed E-state index contributed by atoms with van der Waals surface area (Å²) in [5, 5.41) is 1.88. The summed E-state index contributed by atoms with van der Waals surface area (Å²) in [4.78, 5) is 48.1. The van der Waals surface area contributed by atoms with E-state index in [2.05, 4.69) is 9.97 Å². The van der Waals surface area contributed by atoms with Crippen LogP contribution in [0.15, 0.2) is 60.3 Å². The fourth-order valence-corrected chi connectivity index (χ4v) is 4.41. The molecule has 2 aromatic heterocycles. The molecule has 3 heterocycles. The highest BCUT2D eigenvalue weighted by Crippen LogP contribution is 2.52. The number of rotatable bonds is 4. The smallest absolute Gasteiger partial charge is 0.326 e. The van der Waals surface area contributed by atoms with E-state index in [0.717, 1.165) is 11.1 Å². The highest BCUT2D eigenvalue weighted by atomic mass is 19.4. The number of alkyl halides is 3. The molecule has 1 atom stereocenters. The van der Waals surface area contributed by atoms with Gasteiger partial charge < -0.3 is 10.2 Å². The largest absolute Gasteiger partial charge is 0.425 e. The van der Waals surface area contributed by atoms with Crippen LogP contribution in [0.1, 0.15) is 42.6 Å². The summed E-state index contributed by atoms with van der Waals surface area (Å²) in [5.41, 5.74) is -4.53. The minimum atomic E-state index is -5.26. The van der Waals surface area contributed by atoms with Gasteiger partial charge in [0.25, 0.3) is 11.8 Å². The summed E-state index contributed by atoms with van der Waals surface area (Å²) in [5.74, 6) is -3.37. The molecule has 0 radical (unpaired) electrons. The van der Waals surface area contributed by atoms with Crippen molar-refractivity contribution in [3.05, 3.63) is 71.4 Å². The van der Waals surface area contributed by atoms with Crippen molar-refractivity contribution >= 4 is 17.6 Å². The summed E-state index contributed by atoms with van der Waals surface area (Å²) in [6.07, 6.45) is 0.0182. The Hall–Kier alpha value is -3.56. The number of Topliss-reactive ketones (excluding diaryl/α,β-unsaturated/α-hetero) is 1. The van der Waals surface area contributed by atoms with Gasteiger partial charge in [0, 0.05) is 36.9 Å². The first-order valence-corrected chi connectivity index (χ1v) is 10.2. The summed E-state index contributed by atoms with van der Waals surface area (Å²) in [6, 6.07) is 5.89. The van der Waals surface area contributed by atoms with Gasteiger partial charge in [0.15, 0.2) is 5.78 Å². The van der Waals surface area contributed by atoms with Crippen molar-refractivity contribution in [3.63, 3.8) is 0 Å². The van der Waals surface area contributed by atoms with Crippen LogP contribution < -0.4 is 5.32 Å². The molecule has 0 saturated carbocycles. The Bertz CT molecular complexity index is 1150. The number of halogens is 3. The SMILES string of the molecule is CC1(C)CC(=O)C2=C(C1)N(Cc1cccnc1)C(=O)[C@]2(NC(=O)c1cccnc1)C(F)(F)F. The maximum atomic E-state index is 14.7. The van der Waals surface area contributed by atoms with Gasteiger partial charge >= 0.3 is 6.18 Å². The molecule has 33 heavy (non-hydrogen) atoms. The molecule has 4 rings (SSSR count). The van der Waals surface area contributed by atoms with E-state index in [-0.39, 0.29) is 30.6 Å². The summed E-state index contributed by atoms with van der Waals surface area (Å²) in [7, 11) is 0. The third kappa shape index (κ3) is 3.79. The van der Waals surface area contributed by atoms with Gasteiger partial charge in [0.2, 0.25) is 5.54 Å². The van der Waals surface area contributed by atoms with Crippen LogP contribution in [0.2, 0.25) is 0 Å². The molecule has 0 aromatic carbocycles. The zero-order chi connectivity index (χ0) is 24.0. The Kier molecular flexibility index (Phi) is 5.34. The minimum Gasteiger partial charge on any atom is -0.326 e. The topological polar surface area (TPSA) is 92.3 Å². The van der Waals surface area contributed by atoms with Crippen molar-refractivity contribution in [3.8, 4) is 0 Å². The number of pyridine rings is 2. The van der Waals surface area contributed by atoms with Crippen molar-refractivity contribution in [2.45, 2.75) is 44.9 Å². The molecule has 0 spiro atoms. The van der Waals surface area contributed by atoms with Crippen LogP contribution in [-0.2, 0) is 16.1 Å². The zero-order valence-electron chi connectivity index (χ0n) is 17.9. The Labute approximate surface area is 187 Å². The number of carbonyl (C=O) groups excluding carboxylic acids is 3. The van der Waals surface area contributed by atoms with E-state index in [9.17, 15) is 27.6 Å². The van der Waals surface area contributed by atoms with Crippen LogP contribution in [0.5, 0.6) is 0 Å². The van der Waals surface area contributed by atoms with Crippen LogP contribution in [0, 0.1) is 5.41 Å². The lowest BCUT2D eigenvalue weighted by Gasteiger charge is -2.35. The number of amides is 2. The van der Waals surface area contributed by atoms with Crippen LogP contribution in [0.3, 0.4) is 0 Å². The average molecular weight is 458 g/mol. The molecule has 2 amide bonds. The first kappa shape index (κ1) is 22.6. The molecule has 10 heteroatoms. The first-order chi connectivity index (χ1) is 15.5. The van der Waals surface area contributed by atoms with Crippen molar-refractivity contribution in [2.24, 2.45) is 5.41 Å². The van der Waals surface area contributed by atoms with E-state index in [1.54, 1.807) is 26.0 Å². The Balaban J connectivity index is 1.88. The van der Waals surface area contributed by atoms with Gasteiger partial charge in [-0.15, -0.1) is 0 Å². The second-order valence-electron chi connectivity index (χ2n) is 8.96. The van der Waals surface area contributed by atoms with E-state index in [1.165, 1.54) is 30.7 Å². The highest BCUT2D eigenvalue weighted by Gasteiger charge is 2.71. The predicted molar refractivity (Wildman–Crippen MR) is 110 cm³/mol. The molecule has 1 aliphatic carbocycles. The van der Waals surface area contributed by atoms with Crippen LogP contribution in [-0.4, -0.2) is 44.2 Å². The lowest BCUT2D eigenvalue weighted by atomic mass is 9.72. The number of hydrogen-bond acceptors (Lipinski definition) is 5. The predicted octanol–water partition coefficient (Wildman–Crippen LogP) is 3.19. The fraction of sp³-hybridized carbons (Fsp3) is 0.348. The molecule has 0 bridgehead atoms. The van der Waals surface area contributed by atoms with Crippen molar-refractivity contribution in [1.29, 1.82) is 0 Å². The van der Waals surface area contributed by atoms with Gasteiger partial charge in [-0.2, -0.15) is 13.2 Å². The normalized spacial score (nSPS) is 22.4. The lowest BCUT2D eigenvalue weighted by molar-refractivity contribution is -0.190. The van der Waals surface area contributed by atoms with E-state index < -0.39 is 40.3 Å². The third-order valence-electron chi connectivity index (χ3n) is 5.83. The molecule has 7 nitrogen and oxygen atoms in total. The molecule has 172 valence electrons. The molecule has 0 fully saturated rings. The average Bonchev–Trinajstić information content (AvgIpc) is 2.97. The number of aromatic nitrogens is 2. The quantitative estimate of drug-likeness (QED) is 0.760. The minimum absolute atomic E-state index is 0.0195. The number of allylic oxidation sites excluding steroid dienone is 1.